The molecule has 0 saturated heterocycles. The van der Waals surface area contributed by atoms with Crippen molar-refractivity contribution in [3.05, 3.63) is 85.5 Å². The maximum atomic E-state index is 4.65. The lowest BCUT2D eigenvalue weighted by Crippen LogP contribution is -1.91. The molecule has 0 aliphatic rings. The molecule has 28 heavy (non-hydrogen) atoms. The molecule has 2 aromatic carbocycles. The van der Waals surface area contributed by atoms with E-state index in [-0.39, 0.29) is 0 Å². The maximum Gasteiger partial charge on any atom is 0.0970 e. The number of hydrogen-bond donors (Lipinski definition) is 0. The van der Waals surface area contributed by atoms with E-state index < -0.39 is 0 Å². The van der Waals surface area contributed by atoms with E-state index >= 15 is 0 Å². The fraction of sp³-hybridized carbons (Fsp3) is 0. The Morgan fingerprint density at radius 1 is 0.429 bits per heavy atom. The second kappa shape index (κ2) is 5.79. The minimum absolute atomic E-state index is 0.916. The monoisotopic (exact) mass is 358 g/mol. The van der Waals surface area contributed by atoms with Gasteiger partial charge in [0.1, 0.15) is 0 Å². The first-order valence-corrected chi connectivity index (χ1v) is 9.15. The average molecular weight is 358 g/mol. The largest absolute Gasteiger partial charge is 0.254 e. The molecule has 0 atom stereocenters. The Labute approximate surface area is 160 Å². The van der Waals surface area contributed by atoms with Crippen LogP contribution in [0, 0.1) is 0 Å². The van der Waals surface area contributed by atoms with E-state index in [9.17, 15) is 0 Å². The normalized spacial score (nSPS) is 11.6. The molecule has 4 aromatic heterocycles. The fourth-order valence-corrected chi connectivity index (χ4v) is 3.99. The van der Waals surface area contributed by atoms with Gasteiger partial charge in [0, 0.05) is 46.3 Å². The first-order valence-electron chi connectivity index (χ1n) is 9.15. The molecule has 0 N–H and O–H groups in total. The van der Waals surface area contributed by atoms with Crippen LogP contribution >= 0.6 is 0 Å². The zero-order valence-corrected chi connectivity index (χ0v) is 14.9. The summed E-state index contributed by atoms with van der Waals surface area (Å²) in [6.45, 7) is 0. The summed E-state index contributed by atoms with van der Waals surface area (Å²) in [7, 11) is 0. The van der Waals surface area contributed by atoms with Gasteiger partial charge in [-0.1, -0.05) is 30.3 Å². The van der Waals surface area contributed by atoms with Gasteiger partial charge < -0.3 is 0 Å². The molecule has 0 saturated carbocycles. The summed E-state index contributed by atoms with van der Waals surface area (Å²) in [6, 6.07) is 20.7. The van der Waals surface area contributed by atoms with Crippen LogP contribution in [0.3, 0.4) is 0 Å². The molecule has 0 amide bonds. The van der Waals surface area contributed by atoms with Crippen molar-refractivity contribution in [2.45, 2.75) is 0 Å². The van der Waals surface area contributed by atoms with Gasteiger partial charge in [-0.2, -0.15) is 0 Å². The van der Waals surface area contributed by atoms with E-state index in [1.807, 2.05) is 43.0 Å². The Morgan fingerprint density at radius 2 is 1.04 bits per heavy atom. The molecule has 130 valence electrons. The summed E-state index contributed by atoms with van der Waals surface area (Å²) >= 11 is 0. The van der Waals surface area contributed by atoms with Crippen LogP contribution in [0.5, 0.6) is 0 Å². The van der Waals surface area contributed by atoms with Crippen LogP contribution in [-0.2, 0) is 0 Å². The quantitative estimate of drug-likeness (QED) is 0.362. The smallest absolute Gasteiger partial charge is 0.0970 e. The molecular weight excluding hydrogens is 344 g/mol. The standard InChI is InChI=1S/C24H14N4/c1-4-15-7-8-19-17(9-13-28-24(19)21(15)25-10-1)20-14-16-5-2-11-26-22(16)23-18(20)6-3-12-27-23/h1-14H. The molecule has 0 aliphatic carbocycles. The lowest BCUT2D eigenvalue weighted by molar-refractivity contribution is 1.37. The molecule has 6 aromatic rings. The van der Waals surface area contributed by atoms with Crippen LogP contribution in [0.1, 0.15) is 0 Å². The number of aromatic nitrogens is 4. The molecule has 4 heteroatoms. The van der Waals surface area contributed by atoms with Crippen molar-refractivity contribution in [1.29, 1.82) is 0 Å². The highest BCUT2D eigenvalue weighted by molar-refractivity contribution is 6.15. The highest BCUT2D eigenvalue weighted by atomic mass is 14.7. The van der Waals surface area contributed by atoms with Crippen LogP contribution in [0.15, 0.2) is 85.5 Å². The van der Waals surface area contributed by atoms with Crippen molar-refractivity contribution >= 4 is 43.6 Å². The van der Waals surface area contributed by atoms with Gasteiger partial charge in [-0.05, 0) is 41.5 Å². The second-order valence-electron chi connectivity index (χ2n) is 6.79. The van der Waals surface area contributed by atoms with Gasteiger partial charge in [0.05, 0.1) is 22.1 Å². The first-order chi connectivity index (χ1) is 13.9. The van der Waals surface area contributed by atoms with Crippen molar-refractivity contribution in [1.82, 2.24) is 19.9 Å². The van der Waals surface area contributed by atoms with E-state index in [1.54, 1.807) is 0 Å². The Kier molecular flexibility index (Phi) is 3.14. The van der Waals surface area contributed by atoms with Gasteiger partial charge in [-0.3, -0.25) is 19.9 Å². The molecular formula is C24H14N4. The third-order valence-electron chi connectivity index (χ3n) is 5.23. The number of pyridine rings is 4. The van der Waals surface area contributed by atoms with Crippen molar-refractivity contribution in [2.75, 3.05) is 0 Å². The van der Waals surface area contributed by atoms with Crippen LogP contribution in [-0.4, -0.2) is 19.9 Å². The molecule has 0 unspecified atom stereocenters. The molecule has 0 aliphatic heterocycles. The maximum absolute atomic E-state index is 4.65. The summed E-state index contributed by atoms with van der Waals surface area (Å²) < 4.78 is 0. The van der Waals surface area contributed by atoms with Crippen LogP contribution in [0.4, 0.5) is 0 Å². The van der Waals surface area contributed by atoms with Gasteiger partial charge in [0.25, 0.3) is 0 Å². The van der Waals surface area contributed by atoms with E-state index in [4.69, 9.17) is 0 Å². The number of hydrogen-bond acceptors (Lipinski definition) is 4. The Morgan fingerprint density at radius 3 is 1.86 bits per heavy atom. The third-order valence-corrected chi connectivity index (χ3v) is 5.23. The lowest BCUT2D eigenvalue weighted by Gasteiger charge is -2.12. The number of benzene rings is 2. The van der Waals surface area contributed by atoms with E-state index in [0.717, 1.165) is 54.7 Å². The van der Waals surface area contributed by atoms with Gasteiger partial charge >= 0.3 is 0 Å². The summed E-state index contributed by atoms with van der Waals surface area (Å²) in [6.07, 6.45) is 7.32. The van der Waals surface area contributed by atoms with E-state index in [1.165, 1.54) is 0 Å². The molecule has 0 bridgehead atoms. The van der Waals surface area contributed by atoms with Crippen molar-refractivity contribution in [3.63, 3.8) is 0 Å². The predicted molar refractivity (Wildman–Crippen MR) is 113 cm³/mol. The third kappa shape index (κ3) is 2.12. The summed E-state index contributed by atoms with van der Waals surface area (Å²) in [4.78, 5) is 18.4. The minimum Gasteiger partial charge on any atom is -0.254 e. The van der Waals surface area contributed by atoms with Gasteiger partial charge in [0.15, 0.2) is 0 Å². The molecule has 0 fully saturated rings. The lowest BCUT2D eigenvalue weighted by atomic mass is 9.95. The van der Waals surface area contributed by atoms with Crippen molar-refractivity contribution in [3.8, 4) is 11.1 Å². The van der Waals surface area contributed by atoms with Crippen LogP contribution in [0.2, 0.25) is 0 Å². The van der Waals surface area contributed by atoms with Crippen LogP contribution in [0.25, 0.3) is 54.7 Å². The second-order valence-corrected chi connectivity index (χ2v) is 6.79. The van der Waals surface area contributed by atoms with E-state index in [0.29, 0.717) is 0 Å². The van der Waals surface area contributed by atoms with Gasteiger partial charge in [0.2, 0.25) is 0 Å². The van der Waals surface area contributed by atoms with Crippen molar-refractivity contribution < 1.29 is 0 Å². The predicted octanol–water partition coefficient (Wildman–Crippen LogP) is 5.55. The number of fused-ring (bicyclic) bond motifs is 6. The molecule has 0 spiro atoms. The summed E-state index contributed by atoms with van der Waals surface area (Å²) in [5, 5.41) is 4.34. The number of nitrogens with zero attached hydrogens (tertiary/aromatic N) is 4. The Hall–Kier alpha value is -3.92. The zero-order chi connectivity index (χ0) is 18.5. The van der Waals surface area contributed by atoms with Crippen LogP contribution < -0.4 is 0 Å². The van der Waals surface area contributed by atoms with Gasteiger partial charge in [-0.25, -0.2) is 0 Å². The molecule has 0 radical (unpaired) electrons. The molecule has 4 heterocycles. The molecule has 4 nitrogen and oxygen atoms in total. The fourth-order valence-electron chi connectivity index (χ4n) is 3.99. The Bertz CT molecular complexity index is 1520. The van der Waals surface area contributed by atoms with E-state index in [2.05, 4.69) is 62.4 Å². The SMILES string of the molecule is c1cnc2c(c1)ccc1c(-c3cc4cccnc4c4ncccc34)ccnc12. The summed E-state index contributed by atoms with van der Waals surface area (Å²) in [5.74, 6) is 0. The highest BCUT2D eigenvalue weighted by Gasteiger charge is 2.14. The molecule has 6 rings (SSSR count). The van der Waals surface area contributed by atoms with Crippen molar-refractivity contribution in [2.24, 2.45) is 0 Å². The highest BCUT2D eigenvalue weighted by Crippen LogP contribution is 2.37. The van der Waals surface area contributed by atoms with Gasteiger partial charge in [-0.15, -0.1) is 0 Å². The number of rotatable bonds is 1. The average Bonchev–Trinajstić information content (AvgIpc) is 2.78. The zero-order valence-electron chi connectivity index (χ0n) is 14.9. The minimum atomic E-state index is 0.916. The Balaban J connectivity index is 1.78. The topological polar surface area (TPSA) is 51.6 Å². The summed E-state index contributed by atoms with van der Waals surface area (Å²) in [5.41, 5.74) is 5.94. The first kappa shape index (κ1) is 15.2.